The van der Waals surface area contributed by atoms with Crippen LogP contribution in [0.25, 0.3) is 0 Å². The van der Waals surface area contributed by atoms with Gasteiger partial charge in [-0.2, -0.15) is 0 Å². The summed E-state index contributed by atoms with van der Waals surface area (Å²) in [6.45, 7) is 4.30. The first-order valence-electron chi connectivity index (χ1n) is 6.47. The van der Waals surface area contributed by atoms with Gasteiger partial charge < -0.3 is 0 Å². The highest BCUT2D eigenvalue weighted by atomic mass is 19.1. The van der Waals surface area contributed by atoms with Crippen molar-refractivity contribution in [2.24, 2.45) is 5.92 Å². The van der Waals surface area contributed by atoms with Crippen LogP contribution in [0.1, 0.15) is 56.1 Å². The molecule has 0 radical (unpaired) electrons. The lowest BCUT2D eigenvalue weighted by Gasteiger charge is -2.29. The average molecular weight is 220 g/mol. The molecule has 1 aromatic rings. The van der Waals surface area contributed by atoms with E-state index in [9.17, 15) is 4.39 Å². The van der Waals surface area contributed by atoms with Crippen LogP contribution in [0.5, 0.6) is 0 Å². The molecular weight excluding hydrogens is 199 g/mol. The normalized spacial score (nSPS) is 25.7. The number of aryl methyl sites for hydroxylation is 1. The maximum absolute atomic E-state index is 13.8. The summed E-state index contributed by atoms with van der Waals surface area (Å²) in [4.78, 5) is 0. The van der Waals surface area contributed by atoms with Crippen LogP contribution in [0.2, 0.25) is 0 Å². The highest BCUT2D eigenvalue weighted by molar-refractivity contribution is 5.31. The largest absolute Gasteiger partial charge is 0.207 e. The maximum Gasteiger partial charge on any atom is 0.126 e. The van der Waals surface area contributed by atoms with Crippen LogP contribution >= 0.6 is 0 Å². The van der Waals surface area contributed by atoms with E-state index in [1.54, 1.807) is 6.07 Å². The summed E-state index contributed by atoms with van der Waals surface area (Å²) in [6.07, 6.45) is 6.16. The Morgan fingerprint density at radius 3 is 2.44 bits per heavy atom. The predicted molar refractivity (Wildman–Crippen MR) is 66.1 cm³/mol. The van der Waals surface area contributed by atoms with E-state index in [0.717, 1.165) is 17.0 Å². The lowest BCUT2D eigenvalue weighted by Crippen LogP contribution is -2.14. The minimum absolute atomic E-state index is 0.0000477. The molecule has 1 saturated carbocycles. The first-order chi connectivity index (χ1) is 7.72. The van der Waals surface area contributed by atoms with Crippen LogP contribution in [0.4, 0.5) is 4.39 Å². The van der Waals surface area contributed by atoms with E-state index in [1.165, 1.54) is 32.1 Å². The molecule has 16 heavy (non-hydrogen) atoms. The summed E-state index contributed by atoms with van der Waals surface area (Å²) in [7, 11) is 0. The van der Waals surface area contributed by atoms with Gasteiger partial charge in [-0.1, -0.05) is 25.5 Å². The number of hydrogen-bond acceptors (Lipinski definition) is 0. The molecule has 0 nitrogen and oxygen atoms in total. The third-order valence-electron chi connectivity index (χ3n) is 4.10. The van der Waals surface area contributed by atoms with E-state index in [1.807, 2.05) is 19.1 Å². The highest BCUT2D eigenvalue weighted by Crippen LogP contribution is 2.38. The van der Waals surface area contributed by atoms with E-state index in [-0.39, 0.29) is 5.82 Å². The molecule has 0 atom stereocenters. The van der Waals surface area contributed by atoms with Crippen molar-refractivity contribution in [1.29, 1.82) is 0 Å². The molecule has 0 spiro atoms. The number of benzene rings is 1. The zero-order valence-corrected chi connectivity index (χ0v) is 10.3. The molecule has 0 saturated heterocycles. The van der Waals surface area contributed by atoms with Gasteiger partial charge in [0.1, 0.15) is 5.82 Å². The van der Waals surface area contributed by atoms with E-state index in [0.29, 0.717) is 5.92 Å². The minimum atomic E-state index is -0.0000477. The van der Waals surface area contributed by atoms with Crippen LogP contribution in [-0.4, -0.2) is 0 Å². The van der Waals surface area contributed by atoms with E-state index in [2.05, 4.69) is 6.92 Å². The first-order valence-corrected chi connectivity index (χ1v) is 6.47. The fourth-order valence-electron chi connectivity index (χ4n) is 3.02. The molecule has 1 heteroatoms. The second-order valence-corrected chi connectivity index (χ2v) is 5.10. The van der Waals surface area contributed by atoms with Crippen molar-refractivity contribution in [2.45, 2.75) is 51.9 Å². The van der Waals surface area contributed by atoms with Gasteiger partial charge >= 0.3 is 0 Å². The molecule has 1 fully saturated rings. The smallest absolute Gasteiger partial charge is 0.126 e. The molecule has 0 N–H and O–H groups in total. The lowest BCUT2D eigenvalue weighted by atomic mass is 9.76. The van der Waals surface area contributed by atoms with Crippen LogP contribution in [0.3, 0.4) is 0 Å². The Kier molecular flexibility index (Phi) is 3.63. The third-order valence-corrected chi connectivity index (χ3v) is 4.10. The second kappa shape index (κ2) is 4.99. The van der Waals surface area contributed by atoms with Gasteiger partial charge in [0, 0.05) is 0 Å². The fraction of sp³-hybridized carbons (Fsp3) is 0.600. The van der Waals surface area contributed by atoms with E-state index >= 15 is 0 Å². The predicted octanol–water partition coefficient (Wildman–Crippen LogP) is 4.82. The summed E-state index contributed by atoms with van der Waals surface area (Å²) in [5.41, 5.74) is 2.11. The quantitative estimate of drug-likeness (QED) is 0.670. The molecule has 2 rings (SSSR count). The van der Waals surface area contributed by atoms with Crippen LogP contribution < -0.4 is 0 Å². The Bertz CT molecular complexity index is 328. The van der Waals surface area contributed by atoms with Crippen molar-refractivity contribution in [1.82, 2.24) is 0 Å². The molecular formula is C15H21F. The zero-order chi connectivity index (χ0) is 11.5. The minimum Gasteiger partial charge on any atom is -0.207 e. The molecule has 0 bridgehead atoms. The van der Waals surface area contributed by atoms with Gasteiger partial charge in [0.05, 0.1) is 0 Å². The molecule has 1 aliphatic rings. The second-order valence-electron chi connectivity index (χ2n) is 5.10. The summed E-state index contributed by atoms with van der Waals surface area (Å²) in [5.74, 6) is 1.34. The van der Waals surface area contributed by atoms with Crippen LogP contribution in [-0.2, 0) is 0 Å². The Balaban J connectivity index is 2.14. The van der Waals surface area contributed by atoms with Gasteiger partial charge in [-0.3, -0.25) is 0 Å². The van der Waals surface area contributed by atoms with Crippen molar-refractivity contribution in [3.63, 3.8) is 0 Å². The number of halogens is 1. The van der Waals surface area contributed by atoms with E-state index in [4.69, 9.17) is 0 Å². The summed E-state index contributed by atoms with van der Waals surface area (Å²) < 4.78 is 13.8. The standard InChI is InChI=1S/C15H21F/c1-3-12-7-9-13(10-8-12)15-11(2)5-4-6-14(15)16/h4-6,12-13H,3,7-10H2,1-2H3. The van der Waals surface area contributed by atoms with Gasteiger partial charge in [-0.25, -0.2) is 4.39 Å². The summed E-state index contributed by atoms with van der Waals surface area (Å²) >= 11 is 0. The maximum atomic E-state index is 13.8. The lowest BCUT2D eigenvalue weighted by molar-refractivity contribution is 0.314. The molecule has 0 heterocycles. The Hall–Kier alpha value is -0.850. The van der Waals surface area contributed by atoms with Gasteiger partial charge in [0.15, 0.2) is 0 Å². The molecule has 0 amide bonds. The highest BCUT2D eigenvalue weighted by Gasteiger charge is 2.24. The van der Waals surface area contributed by atoms with Gasteiger partial charge in [-0.05, 0) is 61.6 Å². The molecule has 1 aliphatic carbocycles. The fourth-order valence-corrected chi connectivity index (χ4v) is 3.02. The molecule has 0 aromatic heterocycles. The van der Waals surface area contributed by atoms with Crippen molar-refractivity contribution >= 4 is 0 Å². The van der Waals surface area contributed by atoms with Gasteiger partial charge in [-0.15, -0.1) is 0 Å². The van der Waals surface area contributed by atoms with Crippen molar-refractivity contribution < 1.29 is 4.39 Å². The van der Waals surface area contributed by atoms with Crippen molar-refractivity contribution in [3.8, 4) is 0 Å². The van der Waals surface area contributed by atoms with Crippen molar-refractivity contribution in [2.75, 3.05) is 0 Å². The average Bonchev–Trinajstić information content (AvgIpc) is 2.30. The van der Waals surface area contributed by atoms with Crippen LogP contribution in [0.15, 0.2) is 18.2 Å². The van der Waals surface area contributed by atoms with Crippen molar-refractivity contribution in [3.05, 3.63) is 35.1 Å². The third kappa shape index (κ3) is 2.28. The summed E-state index contributed by atoms with van der Waals surface area (Å²) in [5, 5.41) is 0. The Morgan fingerprint density at radius 2 is 1.88 bits per heavy atom. The number of hydrogen-bond donors (Lipinski definition) is 0. The van der Waals surface area contributed by atoms with Crippen LogP contribution in [0, 0.1) is 18.7 Å². The molecule has 1 aromatic carbocycles. The monoisotopic (exact) mass is 220 g/mol. The number of rotatable bonds is 2. The molecule has 88 valence electrons. The van der Waals surface area contributed by atoms with E-state index < -0.39 is 0 Å². The summed E-state index contributed by atoms with van der Waals surface area (Å²) in [6, 6.07) is 5.45. The molecule has 0 aliphatic heterocycles. The van der Waals surface area contributed by atoms with Gasteiger partial charge in [0.25, 0.3) is 0 Å². The first kappa shape index (κ1) is 11.6. The SMILES string of the molecule is CCC1CCC(c2c(C)cccc2F)CC1. The Morgan fingerprint density at radius 1 is 1.19 bits per heavy atom. The topological polar surface area (TPSA) is 0 Å². The molecule has 0 unspecified atom stereocenters. The van der Waals surface area contributed by atoms with Gasteiger partial charge in [0.2, 0.25) is 0 Å². The Labute approximate surface area is 97.9 Å². The zero-order valence-electron chi connectivity index (χ0n) is 10.3.